The highest BCUT2D eigenvalue weighted by Crippen LogP contribution is 2.52. The zero-order valence-electron chi connectivity index (χ0n) is 27.5. The van der Waals surface area contributed by atoms with E-state index in [1.807, 2.05) is 28.3 Å². The summed E-state index contributed by atoms with van der Waals surface area (Å²) in [5.41, 5.74) is 3.73. The number of aromatic nitrogens is 4. The third-order valence-electron chi connectivity index (χ3n) is 9.85. The molecule has 0 radical (unpaired) electrons. The topological polar surface area (TPSA) is 48.1 Å². The summed E-state index contributed by atoms with van der Waals surface area (Å²) in [5, 5.41) is 9.95. The maximum atomic E-state index is 17.1. The van der Waals surface area contributed by atoms with Gasteiger partial charge in [-0.15, -0.1) is 10.2 Å². The highest BCUT2D eigenvalue weighted by atomic mass is 79.9. The average molecular weight is 715 g/mol. The van der Waals surface area contributed by atoms with Crippen LogP contribution in [0.3, 0.4) is 0 Å². The van der Waals surface area contributed by atoms with Crippen LogP contribution in [0.2, 0.25) is 30.7 Å². The minimum absolute atomic E-state index is 0.239. The number of halogens is 3. The summed E-state index contributed by atoms with van der Waals surface area (Å²) in [7, 11) is 0.720. The first-order valence-electron chi connectivity index (χ1n) is 16.3. The molecule has 0 bridgehead atoms. The van der Waals surface area contributed by atoms with Crippen LogP contribution in [0.4, 0.5) is 4.39 Å². The van der Waals surface area contributed by atoms with Gasteiger partial charge in [0.1, 0.15) is 18.9 Å². The summed E-state index contributed by atoms with van der Waals surface area (Å²) in [4.78, 5) is 2.48. The van der Waals surface area contributed by atoms with E-state index in [-0.39, 0.29) is 18.0 Å². The number of fused-ring (bicyclic) bond motifs is 1. The van der Waals surface area contributed by atoms with Crippen molar-refractivity contribution in [2.75, 3.05) is 19.7 Å². The largest absolute Gasteiger partial charge is 0.361 e. The molecule has 0 amide bonds. The van der Waals surface area contributed by atoms with Crippen LogP contribution in [0.5, 0.6) is 0 Å². The molecule has 2 fully saturated rings. The molecule has 3 heterocycles. The Morgan fingerprint density at radius 3 is 2.60 bits per heavy atom. The lowest BCUT2D eigenvalue weighted by atomic mass is 9.58. The molecule has 1 saturated heterocycles. The minimum atomic E-state index is -1.28. The summed E-state index contributed by atoms with van der Waals surface area (Å²) in [6, 6.07) is 11.1. The van der Waals surface area contributed by atoms with Crippen molar-refractivity contribution in [3.63, 3.8) is 0 Å². The highest BCUT2D eigenvalue weighted by Gasteiger charge is 2.48. The Morgan fingerprint density at radius 2 is 1.93 bits per heavy atom. The molecule has 2 aromatic carbocycles. The molecule has 45 heavy (non-hydrogen) atoms. The summed E-state index contributed by atoms with van der Waals surface area (Å²) in [6.45, 7) is 15.4. The smallest absolute Gasteiger partial charge is 0.155 e. The van der Waals surface area contributed by atoms with Crippen molar-refractivity contribution in [3.05, 3.63) is 69.1 Å². The van der Waals surface area contributed by atoms with Crippen LogP contribution in [-0.2, 0) is 30.5 Å². The molecule has 1 aliphatic heterocycles. The van der Waals surface area contributed by atoms with Crippen molar-refractivity contribution in [1.29, 1.82) is 0 Å². The molecule has 1 saturated carbocycles. The fourth-order valence-corrected chi connectivity index (χ4v) is 9.44. The Morgan fingerprint density at radius 1 is 1.16 bits per heavy atom. The first kappa shape index (κ1) is 32.9. The van der Waals surface area contributed by atoms with Crippen LogP contribution in [0.1, 0.15) is 56.6 Å². The number of rotatable bonds is 10. The lowest BCUT2D eigenvalue weighted by Crippen LogP contribution is -2.43. The van der Waals surface area contributed by atoms with Crippen LogP contribution in [0.25, 0.3) is 22.0 Å². The second-order valence-corrected chi connectivity index (χ2v) is 21.7. The van der Waals surface area contributed by atoms with Crippen LogP contribution in [-0.4, -0.2) is 52.0 Å². The first-order valence-corrected chi connectivity index (χ1v) is 21.2. The van der Waals surface area contributed by atoms with E-state index in [2.05, 4.69) is 76.6 Å². The Kier molecular flexibility index (Phi) is 9.40. The van der Waals surface area contributed by atoms with E-state index >= 15 is 4.39 Å². The van der Waals surface area contributed by atoms with Gasteiger partial charge in [0.25, 0.3) is 0 Å². The number of ether oxygens (including phenoxy) is 1. The van der Waals surface area contributed by atoms with Crippen molar-refractivity contribution in [1.82, 2.24) is 24.2 Å². The molecule has 242 valence electrons. The monoisotopic (exact) mass is 713 g/mol. The molecule has 0 unspecified atom stereocenters. The fraction of sp³-hybridized carbons (Fsp3) is 0.543. The number of likely N-dealkylation sites (tertiary alicyclic amines) is 1. The molecule has 2 aromatic heterocycles. The van der Waals surface area contributed by atoms with E-state index in [1.54, 1.807) is 12.4 Å². The zero-order valence-corrected chi connectivity index (χ0v) is 30.8. The Bertz CT molecular complexity index is 1690. The first-order chi connectivity index (χ1) is 21.4. The quantitative estimate of drug-likeness (QED) is 0.121. The number of hydrogen-bond acceptors (Lipinski definition) is 4. The number of nitrogens with zero attached hydrogens (tertiary/aromatic N) is 5. The maximum absolute atomic E-state index is 17.1. The number of hydrogen-bond donors (Lipinski definition) is 0. The predicted octanol–water partition coefficient (Wildman–Crippen LogP) is 9.25. The Labute approximate surface area is 281 Å². The minimum Gasteiger partial charge on any atom is -0.361 e. The lowest BCUT2D eigenvalue weighted by molar-refractivity contribution is 0.0845. The summed E-state index contributed by atoms with van der Waals surface area (Å²) >= 11 is 10.9. The molecule has 1 aliphatic carbocycles. The third kappa shape index (κ3) is 6.44. The van der Waals surface area contributed by atoms with Crippen molar-refractivity contribution < 1.29 is 9.13 Å². The van der Waals surface area contributed by atoms with E-state index in [4.69, 9.17) is 16.3 Å². The summed E-state index contributed by atoms with van der Waals surface area (Å²) in [6.07, 6.45) is 6.15. The maximum Gasteiger partial charge on any atom is 0.155 e. The van der Waals surface area contributed by atoms with Gasteiger partial charge in [-0.05, 0) is 83.2 Å². The molecule has 0 N–H and O–H groups in total. The molecule has 10 heteroatoms. The van der Waals surface area contributed by atoms with Crippen molar-refractivity contribution >= 4 is 46.5 Å². The fourth-order valence-electron chi connectivity index (χ4n) is 7.53. The van der Waals surface area contributed by atoms with Gasteiger partial charge in [0, 0.05) is 55.9 Å². The van der Waals surface area contributed by atoms with Crippen molar-refractivity contribution in [2.24, 2.45) is 18.9 Å². The molecule has 6 rings (SSSR count). The Balaban J connectivity index is 1.44. The van der Waals surface area contributed by atoms with Gasteiger partial charge in [0.2, 0.25) is 0 Å². The van der Waals surface area contributed by atoms with E-state index in [0.29, 0.717) is 39.9 Å². The highest BCUT2D eigenvalue weighted by molar-refractivity contribution is 9.10. The predicted molar refractivity (Wildman–Crippen MR) is 188 cm³/mol. The molecule has 0 spiro atoms. The second-order valence-electron chi connectivity index (χ2n) is 14.9. The lowest BCUT2D eigenvalue weighted by Gasteiger charge is -2.46. The zero-order chi connectivity index (χ0) is 32.1. The van der Waals surface area contributed by atoms with Crippen LogP contribution >= 0.6 is 27.5 Å². The van der Waals surface area contributed by atoms with Crippen molar-refractivity contribution in [3.8, 4) is 11.1 Å². The molecule has 6 nitrogen and oxygen atoms in total. The van der Waals surface area contributed by atoms with Gasteiger partial charge in [0.05, 0.1) is 16.0 Å². The van der Waals surface area contributed by atoms with E-state index in [0.717, 1.165) is 65.6 Å². The van der Waals surface area contributed by atoms with Crippen molar-refractivity contribution in [2.45, 2.75) is 83.9 Å². The molecular formula is C35H46BrClFN5OSi. The van der Waals surface area contributed by atoms with Gasteiger partial charge in [-0.3, -0.25) is 4.90 Å². The van der Waals surface area contributed by atoms with Gasteiger partial charge in [-0.1, -0.05) is 69.4 Å². The number of piperidine rings is 1. The van der Waals surface area contributed by atoms with Gasteiger partial charge < -0.3 is 13.9 Å². The average Bonchev–Trinajstić information content (AvgIpc) is 3.52. The Hall–Kier alpha value is -2.04. The van der Waals surface area contributed by atoms with Crippen LogP contribution < -0.4 is 0 Å². The summed E-state index contributed by atoms with van der Waals surface area (Å²) < 4.78 is 28.3. The van der Waals surface area contributed by atoms with E-state index in [9.17, 15) is 0 Å². The second kappa shape index (κ2) is 12.9. The number of aryl methyl sites for hydroxylation is 1. The molecule has 2 aliphatic rings. The van der Waals surface area contributed by atoms with E-state index in [1.165, 1.54) is 12.8 Å². The van der Waals surface area contributed by atoms with Crippen LogP contribution in [0, 0.1) is 17.7 Å². The van der Waals surface area contributed by atoms with Gasteiger partial charge >= 0.3 is 0 Å². The van der Waals surface area contributed by atoms with Gasteiger partial charge in [-0.2, -0.15) is 0 Å². The summed E-state index contributed by atoms with van der Waals surface area (Å²) in [5.74, 6) is 1.91. The molecule has 1 atom stereocenters. The SMILES string of the molecule is CC1CC(c2cccc(-c3cc(Cl)c4c(Br)c(CN5CCC[C@H](C)C5)n(COCC[Si](C)(C)C)c4c3F)c2)(c2nncn2C)C1. The number of benzene rings is 2. The van der Waals surface area contributed by atoms with Gasteiger partial charge in [-0.25, -0.2) is 4.39 Å². The normalized spacial score (nSPS) is 22.7. The van der Waals surface area contributed by atoms with Crippen LogP contribution in [0.15, 0.2) is 41.1 Å². The van der Waals surface area contributed by atoms with E-state index < -0.39 is 8.07 Å². The standard InChI is InChI=1S/C35H46BrClFN5OSi/c1-23-9-8-12-42(19-23)20-29-31(36)30-28(37)16-27(32(38)33(30)43(29)22-44-13-14-45(4,5)6)25-10-7-11-26(15-25)35(17-24(2)18-35)34-40-39-21-41(34)3/h7,10-11,15-16,21,23-24H,8-9,12-14,17-20,22H2,1-6H3/t23-,24?,35?/m0/s1. The molecular weight excluding hydrogens is 669 g/mol. The molecule has 4 aromatic rings. The third-order valence-corrected chi connectivity index (χ3v) is 12.7. The van der Waals surface area contributed by atoms with Gasteiger partial charge in [0.15, 0.2) is 5.82 Å².